The quantitative estimate of drug-likeness (QED) is 0.794. The standard InChI is InChI=1S/C14H23NO4/c16-13(15-8-7-10-4-3-9-19-10)11-5-1-2-6-12(11)14(17)18/h10-12H,1-9H2,(H,15,16)(H,17,18)/t10?,11-,12+/m1/s1. The molecule has 1 saturated heterocycles. The fraction of sp³-hybridized carbons (Fsp3) is 0.857. The third-order valence-electron chi connectivity index (χ3n) is 4.21. The summed E-state index contributed by atoms with van der Waals surface area (Å²) in [5.74, 6) is -1.78. The van der Waals surface area contributed by atoms with Crippen LogP contribution in [0.2, 0.25) is 0 Å². The van der Waals surface area contributed by atoms with Gasteiger partial charge in [-0.15, -0.1) is 0 Å². The molecule has 0 aromatic heterocycles. The number of hydrogen-bond donors (Lipinski definition) is 2. The van der Waals surface area contributed by atoms with Crippen LogP contribution in [0.3, 0.4) is 0 Å². The van der Waals surface area contributed by atoms with Crippen LogP contribution < -0.4 is 5.32 Å². The summed E-state index contributed by atoms with van der Waals surface area (Å²) in [5.41, 5.74) is 0. The molecule has 2 N–H and O–H groups in total. The van der Waals surface area contributed by atoms with Gasteiger partial charge in [-0.1, -0.05) is 12.8 Å². The van der Waals surface area contributed by atoms with Gasteiger partial charge in [0.2, 0.25) is 5.91 Å². The van der Waals surface area contributed by atoms with E-state index in [1.54, 1.807) is 0 Å². The van der Waals surface area contributed by atoms with Crippen LogP contribution in [0.1, 0.15) is 44.9 Å². The van der Waals surface area contributed by atoms with Crippen molar-refractivity contribution in [1.82, 2.24) is 5.32 Å². The molecule has 0 aromatic rings. The van der Waals surface area contributed by atoms with Crippen molar-refractivity contribution in [2.24, 2.45) is 11.8 Å². The second-order valence-corrected chi connectivity index (χ2v) is 5.55. The van der Waals surface area contributed by atoms with Crippen LogP contribution in [0.4, 0.5) is 0 Å². The van der Waals surface area contributed by atoms with E-state index in [4.69, 9.17) is 9.84 Å². The first-order valence-corrected chi connectivity index (χ1v) is 7.30. The van der Waals surface area contributed by atoms with Crippen LogP contribution in [0.15, 0.2) is 0 Å². The number of nitrogens with one attached hydrogen (secondary N) is 1. The zero-order chi connectivity index (χ0) is 13.7. The molecule has 1 heterocycles. The Bertz CT molecular complexity index is 325. The minimum atomic E-state index is -0.834. The Morgan fingerprint density at radius 2 is 1.84 bits per heavy atom. The normalized spacial score (nSPS) is 31.1. The monoisotopic (exact) mass is 269 g/mol. The van der Waals surface area contributed by atoms with E-state index in [0.717, 1.165) is 38.7 Å². The smallest absolute Gasteiger partial charge is 0.307 e. The molecule has 0 radical (unpaired) electrons. The molecule has 1 saturated carbocycles. The van der Waals surface area contributed by atoms with Crippen LogP contribution in [0.25, 0.3) is 0 Å². The molecule has 5 nitrogen and oxygen atoms in total. The molecule has 0 bridgehead atoms. The van der Waals surface area contributed by atoms with Crippen molar-refractivity contribution >= 4 is 11.9 Å². The van der Waals surface area contributed by atoms with Gasteiger partial charge in [0, 0.05) is 13.2 Å². The van der Waals surface area contributed by atoms with Crippen molar-refractivity contribution in [2.45, 2.75) is 51.0 Å². The topological polar surface area (TPSA) is 75.6 Å². The molecule has 0 aromatic carbocycles. The Kier molecular flexibility index (Phi) is 5.19. The maximum absolute atomic E-state index is 12.1. The number of carbonyl (C=O) groups excluding carboxylic acids is 1. The third-order valence-corrected chi connectivity index (χ3v) is 4.21. The van der Waals surface area contributed by atoms with Gasteiger partial charge in [0.15, 0.2) is 0 Å². The summed E-state index contributed by atoms with van der Waals surface area (Å²) in [7, 11) is 0. The van der Waals surface area contributed by atoms with Gasteiger partial charge in [-0.3, -0.25) is 9.59 Å². The van der Waals surface area contributed by atoms with E-state index in [0.29, 0.717) is 19.4 Å². The van der Waals surface area contributed by atoms with Gasteiger partial charge in [0.1, 0.15) is 0 Å². The van der Waals surface area contributed by atoms with E-state index in [-0.39, 0.29) is 17.9 Å². The first-order valence-electron chi connectivity index (χ1n) is 7.30. The number of ether oxygens (including phenoxy) is 1. The summed E-state index contributed by atoms with van der Waals surface area (Å²) < 4.78 is 5.49. The van der Waals surface area contributed by atoms with Gasteiger partial charge in [0.25, 0.3) is 0 Å². The van der Waals surface area contributed by atoms with Crippen LogP contribution in [0, 0.1) is 11.8 Å². The summed E-state index contributed by atoms with van der Waals surface area (Å²) in [4.78, 5) is 23.2. The predicted octanol–water partition coefficient (Wildman–Crippen LogP) is 1.56. The van der Waals surface area contributed by atoms with Gasteiger partial charge in [-0.05, 0) is 32.1 Å². The molecule has 1 aliphatic heterocycles. The predicted molar refractivity (Wildman–Crippen MR) is 69.7 cm³/mol. The first-order chi connectivity index (χ1) is 9.18. The van der Waals surface area contributed by atoms with Crippen molar-refractivity contribution in [1.29, 1.82) is 0 Å². The molecule has 2 fully saturated rings. The van der Waals surface area contributed by atoms with Crippen LogP contribution in [-0.2, 0) is 14.3 Å². The van der Waals surface area contributed by atoms with Crippen LogP contribution in [0.5, 0.6) is 0 Å². The SMILES string of the molecule is O=C(O)[C@H]1CCCC[C@H]1C(=O)NCCC1CCCO1. The third kappa shape index (κ3) is 3.93. The summed E-state index contributed by atoms with van der Waals surface area (Å²) in [6, 6.07) is 0. The molecule has 5 heteroatoms. The maximum Gasteiger partial charge on any atom is 0.307 e. The average molecular weight is 269 g/mol. The lowest BCUT2D eigenvalue weighted by molar-refractivity contribution is -0.148. The lowest BCUT2D eigenvalue weighted by Crippen LogP contribution is -2.40. The van der Waals surface area contributed by atoms with Crippen molar-refractivity contribution in [3.63, 3.8) is 0 Å². The van der Waals surface area contributed by atoms with Gasteiger partial charge < -0.3 is 15.2 Å². The second-order valence-electron chi connectivity index (χ2n) is 5.55. The fourth-order valence-electron chi connectivity index (χ4n) is 3.10. The van der Waals surface area contributed by atoms with Crippen molar-refractivity contribution in [3.05, 3.63) is 0 Å². The number of carboxylic acid groups (broad SMARTS) is 1. The number of aliphatic carboxylic acids is 1. The average Bonchev–Trinajstić information content (AvgIpc) is 2.91. The van der Waals surface area contributed by atoms with Gasteiger partial charge in [-0.25, -0.2) is 0 Å². The largest absolute Gasteiger partial charge is 0.481 e. The molecule has 2 rings (SSSR count). The van der Waals surface area contributed by atoms with Crippen molar-refractivity contribution in [3.8, 4) is 0 Å². The number of amides is 1. The van der Waals surface area contributed by atoms with Crippen molar-refractivity contribution < 1.29 is 19.4 Å². The number of rotatable bonds is 5. The Morgan fingerprint density at radius 3 is 2.47 bits per heavy atom. The molecule has 19 heavy (non-hydrogen) atoms. The number of hydrogen-bond acceptors (Lipinski definition) is 3. The van der Waals surface area contributed by atoms with E-state index in [2.05, 4.69) is 5.32 Å². The zero-order valence-electron chi connectivity index (χ0n) is 11.3. The van der Waals surface area contributed by atoms with Crippen LogP contribution in [-0.4, -0.2) is 36.2 Å². The summed E-state index contributed by atoms with van der Waals surface area (Å²) in [5, 5.41) is 12.0. The first kappa shape index (κ1) is 14.3. The highest BCUT2D eigenvalue weighted by molar-refractivity contribution is 5.84. The minimum absolute atomic E-state index is 0.0925. The summed E-state index contributed by atoms with van der Waals surface area (Å²) in [6.45, 7) is 1.41. The van der Waals surface area contributed by atoms with E-state index in [1.165, 1.54) is 0 Å². The Balaban J connectivity index is 1.75. The minimum Gasteiger partial charge on any atom is -0.481 e. The molecule has 1 unspecified atom stereocenters. The fourth-order valence-corrected chi connectivity index (χ4v) is 3.10. The Morgan fingerprint density at radius 1 is 1.11 bits per heavy atom. The van der Waals surface area contributed by atoms with Gasteiger partial charge in [-0.2, -0.15) is 0 Å². The molecule has 108 valence electrons. The molecule has 0 spiro atoms. The molecule has 1 amide bonds. The Labute approximate surface area is 113 Å². The van der Waals surface area contributed by atoms with E-state index < -0.39 is 11.9 Å². The maximum atomic E-state index is 12.1. The van der Waals surface area contributed by atoms with E-state index >= 15 is 0 Å². The number of carboxylic acids is 1. The number of carbonyl (C=O) groups is 2. The molecular weight excluding hydrogens is 246 g/mol. The Hall–Kier alpha value is -1.10. The highest BCUT2D eigenvalue weighted by Gasteiger charge is 2.35. The van der Waals surface area contributed by atoms with Crippen LogP contribution >= 0.6 is 0 Å². The molecule has 2 aliphatic rings. The second kappa shape index (κ2) is 6.89. The van der Waals surface area contributed by atoms with Gasteiger partial charge in [0.05, 0.1) is 17.9 Å². The highest BCUT2D eigenvalue weighted by atomic mass is 16.5. The van der Waals surface area contributed by atoms with Crippen molar-refractivity contribution in [2.75, 3.05) is 13.2 Å². The summed E-state index contributed by atoms with van der Waals surface area (Å²) >= 11 is 0. The van der Waals surface area contributed by atoms with E-state index in [9.17, 15) is 9.59 Å². The lowest BCUT2D eigenvalue weighted by Gasteiger charge is -2.27. The molecule has 3 atom stereocenters. The zero-order valence-corrected chi connectivity index (χ0v) is 11.3. The lowest BCUT2D eigenvalue weighted by atomic mass is 9.78. The summed E-state index contributed by atoms with van der Waals surface area (Å²) in [6.07, 6.45) is 6.45. The van der Waals surface area contributed by atoms with E-state index in [1.807, 2.05) is 0 Å². The highest BCUT2D eigenvalue weighted by Crippen LogP contribution is 2.30. The molecule has 1 aliphatic carbocycles. The van der Waals surface area contributed by atoms with Gasteiger partial charge >= 0.3 is 5.97 Å². The molecular formula is C14H23NO4.